The SMILES string of the molecule is COc1ccc(N2CCN(C(=O)Cn3cccc3-c3nnc(C4CC4)o3)CC2)cc1. The van der Waals surface area contributed by atoms with E-state index in [0.717, 1.165) is 43.1 Å². The normalized spacial score (nSPS) is 16.7. The number of carbonyl (C=O) groups is 1. The largest absolute Gasteiger partial charge is 0.497 e. The molecule has 0 bridgehead atoms. The number of amides is 1. The molecule has 5 rings (SSSR count). The molecule has 0 radical (unpaired) electrons. The number of hydrogen-bond acceptors (Lipinski definition) is 6. The van der Waals surface area contributed by atoms with E-state index in [9.17, 15) is 4.79 Å². The monoisotopic (exact) mass is 407 g/mol. The summed E-state index contributed by atoms with van der Waals surface area (Å²) in [6, 6.07) is 11.9. The van der Waals surface area contributed by atoms with E-state index in [1.807, 2.05) is 39.9 Å². The number of carbonyl (C=O) groups excluding carboxylic acids is 1. The van der Waals surface area contributed by atoms with Crippen LogP contribution in [0.4, 0.5) is 5.69 Å². The quantitative estimate of drug-likeness (QED) is 0.625. The van der Waals surface area contributed by atoms with Gasteiger partial charge in [0.05, 0.1) is 7.11 Å². The molecule has 156 valence electrons. The van der Waals surface area contributed by atoms with Crippen LogP contribution >= 0.6 is 0 Å². The minimum Gasteiger partial charge on any atom is -0.497 e. The molecule has 1 aliphatic carbocycles. The van der Waals surface area contributed by atoms with Crippen LogP contribution in [0.1, 0.15) is 24.7 Å². The van der Waals surface area contributed by atoms with Gasteiger partial charge < -0.3 is 23.5 Å². The van der Waals surface area contributed by atoms with Crippen LogP contribution < -0.4 is 9.64 Å². The number of rotatable bonds is 6. The second kappa shape index (κ2) is 7.85. The fourth-order valence-corrected chi connectivity index (χ4v) is 3.83. The molecular formula is C22H25N5O3. The van der Waals surface area contributed by atoms with E-state index < -0.39 is 0 Å². The molecule has 0 spiro atoms. The van der Waals surface area contributed by atoms with Crippen LogP contribution in [0, 0.1) is 0 Å². The zero-order valence-electron chi connectivity index (χ0n) is 17.0. The molecule has 1 aromatic carbocycles. The predicted octanol–water partition coefficient (Wildman–Crippen LogP) is 2.77. The van der Waals surface area contributed by atoms with Gasteiger partial charge in [0.15, 0.2) is 0 Å². The molecule has 0 unspecified atom stereocenters. The second-order valence-corrected chi connectivity index (χ2v) is 7.81. The van der Waals surface area contributed by atoms with E-state index in [1.165, 1.54) is 0 Å². The summed E-state index contributed by atoms with van der Waals surface area (Å²) in [4.78, 5) is 17.1. The van der Waals surface area contributed by atoms with E-state index in [0.29, 0.717) is 30.8 Å². The molecule has 1 aliphatic heterocycles. The van der Waals surface area contributed by atoms with Gasteiger partial charge in [0.1, 0.15) is 18.0 Å². The van der Waals surface area contributed by atoms with Crippen LogP contribution in [-0.2, 0) is 11.3 Å². The maximum absolute atomic E-state index is 12.9. The summed E-state index contributed by atoms with van der Waals surface area (Å²) in [5.41, 5.74) is 1.94. The first kappa shape index (κ1) is 18.7. The Morgan fingerprint density at radius 3 is 2.57 bits per heavy atom. The van der Waals surface area contributed by atoms with Crippen LogP contribution in [0.25, 0.3) is 11.6 Å². The lowest BCUT2D eigenvalue weighted by atomic mass is 10.2. The molecule has 1 saturated carbocycles. The van der Waals surface area contributed by atoms with Crippen LogP contribution in [-0.4, -0.2) is 58.9 Å². The van der Waals surface area contributed by atoms with Crippen molar-refractivity contribution >= 4 is 11.6 Å². The summed E-state index contributed by atoms with van der Waals surface area (Å²) in [6.07, 6.45) is 4.12. The fraction of sp³-hybridized carbons (Fsp3) is 0.409. The van der Waals surface area contributed by atoms with Gasteiger partial charge in [-0.1, -0.05) is 0 Å². The molecule has 0 N–H and O–H groups in total. The molecule has 3 aromatic rings. The molecule has 2 aliphatic rings. The van der Waals surface area contributed by atoms with E-state index in [1.54, 1.807) is 7.11 Å². The summed E-state index contributed by atoms with van der Waals surface area (Å²) < 4.78 is 12.9. The van der Waals surface area contributed by atoms with Crippen LogP contribution in [0.5, 0.6) is 5.75 Å². The topological polar surface area (TPSA) is 76.6 Å². The molecular weight excluding hydrogens is 382 g/mol. The number of benzene rings is 1. The van der Waals surface area contributed by atoms with Gasteiger partial charge in [-0.15, -0.1) is 10.2 Å². The van der Waals surface area contributed by atoms with Crippen molar-refractivity contribution in [2.24, 2.45) is 0 Å². The van der Waals surface area contributed by atoms with Gasteiger partial charge in [-0.25, -0.2) is 0 Å². The summed E-state index contributed by atoms with van der Waals surface area (Å²) in [5.74, 6) is 2.56. The lowest BCUT2D eigenvalue weighted by Gasteiger charge is -2.36. The Labute approximate surface area is 175 Å². The van der Waals surface area contributed by atoms with E-state index in [4.69, 9.17) is 9.15 Å². The molecule has 0 atom stereocenters. The fourth-order valence-electron chi connectivity index (χ4n) is 3.83. The number of hydrogen-bond donors (Lipinski definition) is 0. The Morgan fingerprint density at radius 2 is 1.87 bits per heavy atom. The van der Waals surface area contributed by atoms with Gasteiger partial charge in [0, 0.05) is 44.0 Å². The Balaban J connectivity index is 1.20. The van der Waals surface area contributed by atoms with Crippen molar-refractivity contribution in [1.29, 1.82) is 0 Å². The van der Waals surface area contributed by atoms with Gasteiger partial charge in [0.2, 0.25) is 11.8 Å². The Kier molecular flexibility index (Phi) is 4.90. The number of anilines is 1. The number of piperazine rings is 1. The molecule has 2 fully saturated rings. The third-order valence-corrected chi connectivity index (χ3v) is 5.79. The number of ether oxygens (including phenoxy) is 1. The Bertz CT molecular complexity index is 1010. The van der Waals surface area contributed by atoms with E-state index in [-0.39, 0.29) is 12.5 Å². The maximum atomic E-state index is 12.9. The first-order valence-corrected chi connectivity index (χ1v) is 10.4. The van der Waals surface area contributed by atoms with Crippen molar-refractivity contribution in [3.63, 3.8) is 0 Å². The number of nitrogens with zero attached hydrogens (tertiary/aromatic N) is 5. The van der Waals surface area contributed by atoms with Gasteiger partial charge in [-0.05, 0) is 49.2 Å². The first-order chi connectivity index (χ1) is 14.7. The molecule has 2 aromatic heterocycles. The first-order valence-electron chi connectivity index (χ1n) is 10.4. The highest BCUT2D eigenvalue weighted by molar-refractivity contribution is 5.77. The van der Waals surface area contributed by atoms with Crippen molar-refractivity contribution < 1.29 is 13.9 Å². The predicted molar refractivity (Wildman–Crippen MR) is 111 cm³/mol. The zero-order chi connectivity index (χ0) is 20.5. The smallest absolute Gasteiger partial charge is 0.264 e. The Hall–Kier alpha value is -3.29. The third-order valence-electron chi connectivity index (χ3n) is 5.79. The van der Waals surface area contributed by atoms with Crippen molar-refractivity contribution in [2.75, 3.05) is 38.2 Å². The van der Waals surface area contributed by atoms with Crippen LogP contribution in [0.2, 0.25) is 0 Å². The molecule has 3 heterocycles. The maximum Gasteiger partial charge on any atom is 0.264 e. The summed E-state index contributed by atoms with van der Waals surface area (Å²) >= 11 is 0. The lowest BCUT2D eigenvalue weighted by Crippen LogP contribution is -2.49. The summed E-state index contributed by atoms with van der Waals surface area (Å²) in [6.45, 7) is 3.30. The van der Waals surface area contributed by atoms with Crippen molar-refractivity contribution in [1.82, 2.24) is 19.7 Å². The average Bonchev–Trinajstić information content (AvgIpc) is 3.34. The minimum absolute atomic E-state index is 0.101. The van der Waals surface area contributed by atoms with E-state index in [2.05, 4.69) is 27.2 Å². The van der Waals surface area contributed by atoms with Gasteiger partial charge in [-0.2, -0.15) is 0 Å². The van der Waals surface area contributed by atoms with Crippen LogP contribution in [0.15, 0.2) is 47.0 Å². The van der Waals surface area contributed by atoms with Gasteiger partial charge >= 0.3 is 0 Å². The summed E-state index contributed by atoms with van der Waals surface area (Å²) in [5, 5.41) is 8.33. The molecule has 8 heteroatoms. The minimum atomic E-state index is 0.101. The number of aromatic nitrogens is 3. The molecule has 1 amide bonds. The highest BCUT2D eigenvalue weighted by Crippen LogP contribution is 2.40. The third kappa shape index (κ3) is 3.77. The highest BCUT2D eigenvalue weighted by Gasteiger charge is 2.30. The van der Waals surface area contributed by atoms with Gasteiger partial charge in [-0.3, -0.25) is 4.79 Å². The molecule has 30 heavy (non-hydrogen) atoms. The molecule has 1 saturated heterocycles. The average molecular weight is 407 g/mol. The van der Waals surface area contributed by atoms with E-state index >= 15 is 0 Å². The van der Waals surface area contributed by atoms with Crippen molar-refractivity contribution in [3.8, 4) is 17.3 Å². The zero-order valence-corrected chi connectivity index (χ0v) is 17.0. The van der Waals surface area contributed by atoms with Crippen molar-refractivity contribution in [2.45, 2.75) is 25.3 Å². The Morgan fingerprint density at radius 1 is 1.10 bits per heavy atom. The standard InChI is InChI=1S/C22H25N5O3/c1-29-18-8-6-17(7-9-18)25-11-13-26(14-12-25)20(28)15-27-10-2-3-19(27)22-24-23-21(30-22)16-4-5-16/h2-3,6-10,16H,4-5,11-15H2,1H3. The molecule has 8 nitrogen and oxygen atoms in total. The number of methoxy groups -OCH3 is 1. The van der Waals surface area contributed by atoms with Crippen molar-refractivity contribution in [3.05, 3.63) is 48.5 Å². The summed E-state index contributed by atoms with van der Waals surface area (Å²) in [7, 11) is 1.67. The highest BCUT2D eigenvalue weighted by atomic mass is 16.5. The van der Waals surface area contributed by atoms with Gasteiger partial charge in [0.25, 0.3) is 5.89 Å². The van der Waals surface area contributed by atoms with Crippen LogP contribution in [0.3, 0.4) is 0 Å². The second-order valence-electron chi connectivity index (χ2n) is 7.81. The lowest BCUT2D eigenvalue weighted by molar-refractivity contribution is -0.132.